The second-order valence-electron chi connectivity index (χ2n) is 6.97. The molecule has 0 aliphatic rings. The maximum atomic E-state index is 9.71. The number of hydrogen-bond donors (Lipinski definition) is 0. The van der Waals surface area contributed by atoms with E-state index in [1.54, 1.807) is 7.11 Å². The Kier molecular flexibility index (Phi) is 7.31. The predicted octanol–water partition coefficient (Wildman–Crippen LogP) is 5.29. The molecule has 3 rings (SSSR count). The van der Waals surface area contributed by atoms with Crippen LogP contribution in [0.2, 0.25) is 0 Å². The van der Waals surface area contributed by atoms with Gasteiger partial charge in [-0.15, -0.1) is 10.2 Å². The SMILES string of the molecule is CCCCn1c(SC(C#N)Cc2ccc(C)cc2)nnc1-c1ccc(OC)cc1. The maximum absolute atomic E-state index is 9.71. The van der Waals surface area contributed by atoms with Gasteiger partial charge in [0, 0.05) is 12.1 Å². The third kappa shape index (κ3) is 5.39. The third-order valence-electron chi connectivity index (χ3n) is 4.73. The molecule has 1 heterocycles. The molecular weight excluding hydrogens is 380 g/mol. The monoisotopic (exact) mass is 406 g/mol. The van der Waals surface area contributed by atoms with Crippen LogP contribution in [-0.2, 0) is 13.0 Å². The summed E-state index contributed by atoms with van der Waals surface area (Å²) in [7, 11) is 1.66. The Morgan fingerprint density at radius 3 is 2.45 bits per heavy atom. The number of ether oxygens (including phenoxy) is 1. The molecule has 0 N–H and O–H groups in total. The van der Waals surface area contributed by atoms with Gasteiger partial charge >= 0.3 is 0 Å². The van der Waals surface area contributed by atoms with Gasteiger partial charge in [0.2, 0.25) is 0 Å². The van der Waals surface area contributed by atoms with Crippen molar-refractivity contribution >= 4 is 11.8 Å². The molecule has 150 valence electrons. The number of rotatable bonds is 9. The number of aryl methyl sites for hydroxylation is 1. The first-order chi connectivity index (χ1) is 14.1. The van der Waals surface area contributed by atoms with Crippen molar-refractivity contribution in [2.45, 2.75) is 50.1 Å². The Morgan fingerprint density at radius 2 is 1.83 bits per heavy atom. The fraction of sp³-hybridized carbons (Fsp3) is 0.348. The summed E-state index contributed by atoms with van der Waals surface area (Å²) >= 11 is 1.49. The summed E-state index contributed by atoms with van der Waals surface area (Å²) < 4.78 is 7.39. The van der Waals surface area contributed by atoms with E-state index in [0.29, 0.717) is 6.42 Å². The Hall–Kier alpha value is -2.78. The van der Waals surface area contributed by atoms with Gasteiger partial charge in [-0.3, -0.25) is 0 Å². The van der Waals surface area contributed by atoms with E-state index in [1.165, 1.54) is 17.3 Å². The van der Waals surface area contributed by atoms with Crippen molar-refractivity contribution in [2.24, 2.45) is 0 Å². The molecule has 6 heteroatoms. The largest absolute Gasteiger partial charge is 0.497 e. The van der Waals surface area contributed by atoms with Crippen LogP contribution < -0.4 is 4.74 Å². The van der Waals surface area contributed by atoms with Gasteiger partial charge in [-0.2, -0.15) is 5.26 Å². The zero-order valence-corrected chi connectivity index (χ0v) is 17.9. The molecule has 1 atom stereocenters. The molecule has 0 amide bonds. The summed E-state index contributed by atoms with van der Waals surface area (Å²) in [5, 5.41) is 19.2. The van der Waals surface area contributed by atoms with Gasteiger partial charge < -0.3 is 9.30 Å². The number of nitrogens with zero attached hydrogens (tertiary/aromatic N) is 4. The highest BCUT2D eigenvalue weighted by atomic mass is 32.2. The molecule has 0 radical (unpaired) electrons. The summed E-state index contributed by atoms with van der Waals surface area (Å²) in [6.45, 7) is 5.06. The minimum atomic E-state index is -0.217. The van der Waals surface area contributed by atoms with E-state index >= 15 is 0 Å². The van der Waals surface area contributed by atoms with Gasteiger partial charge in [0.1, 0.15) is 11.0 Å². The number of hydrogen-bond acceptors (Lipinski definition) is 5. The lowest BCUT2D eigenvalue weighted by Crippen LogP contribution is -2.08. The molecule has 0 saturated carbocycles. The normalized spacial score (nSPS) is 11.8. The van der Waals surface area contributed by atoms with Crippen LogP contribution in [0.1, 0.15) is 30.9 Å². The summed E-state index contributed by atoms with van der Waals surface area (Å²) in [4.78, 5) is 0. The van der Waals surface area contributed by atoms with Crippen LogP contribution in [0.15, 0.2) is 53.7 Å². The van der Waals surface area contributed by atoms with E-state index in [2.05, 4.69) is 58.9 Å². The first kappa shape index (κ1) is 20.9. The highest BCUT2D eigenvalue weighted by molar-refractivity contribution is 8.00. The van der Waals surface area contributed by atoms with Gasteiger partial charge in [0.05, 0.1) is 13.2 Å². The zero-order chi connectivity index (χ0) is 20.6. The summed E-state index contributed by atoms with van der Waals surface area (Å²) in [6, 6.07) is 18.6. The lowest BCUT2D eigenvalue weighted by Gasteiger charge is -2.12. The van der Waals surface area contributed by atoms with Crippen molar-refractivity contribution < 1.29 is 4.74 Å². The molecule has 0 saturated heterocycles. The average Bonchev–Trinajstić information content (AvgIpc) is 3.15. The molecule has 0 aliphatic carbocycles. The summed E-state index contributed by atoms with van der Waals surface area (Å²) in [6.07, 6.45) is 2.79. The fourth-order valence-corrected chi connectivity index (χ4v) is 4.00. The lowest BCUT2D eigenvalue weighted by molar-refractivity contribution is 0.415. The molecule has 5 nitrogen and oxygen atoms in total. The van der Waals surface area contributed by atoms with Crippen LogP contribution in [0.5, 0.6) is 5.75 Å². The maximum Gasteiger partial charge on any atom is 0.192 e. The lowest BCUT2D eigenvalue weighted by atomic mass is 10.1. The van der Waals surface area contributed by atoms with E-state index in [-0.39, 0.29) is 5.25 Å². The molecule has 0 fully saturated rings. The summed E-state index contributed by atoms with van der Waals surface area (Å²) in [5.41, 5.74) is 3.37. The van der Waals surface area contributed by atoms with Crippen LogP contribution in [0, 0.1) is 18.3 Å². The Morgan fingerprint density at radius 1 is 1.10 bits per heavy atom. The molecule has 1 aromatic heterocycles. The second-order valence-corrected chi connectivity index (χ2v) is 8.14. The van der Waals surface area contributed by atoms with E-state index < -0.39 is 0 Å². The van der Waals surface area contributed by atoms with Gasteiger partial charge in [0.25, 0.3) is 0 Å². The van der Waals surface area contributed by atoms with Gasteiger partial charge in [-0.1, -0.05) is 54.9 Å². The molecule has 29 heavy (non-hydrogen) atoms. The molecular formula is C23H26N4OS. The highest BCUT2D eigenvalue weighted by Crippen LogP contribution is 2.29. The smallest absolute Gasteiger partial charge is 0.192 e. The quantitative estimate of drug-likeness (QED) is 0.452. The molecule has 0 spiro atoms. The van der Waals surface area contributed by atoms with Crippen molar-refractivity contribution in [3.8, 4) is 23.2 Å². The number of benzene rings is 2. The van der Waals surface area contributed by atoms with E-state index in [0.717, 1.165) is 47.2 Å². The minimum Gasteiger partial charge on any atom is -0.497 e. The zero-order valence-electron chi connectivity index (χ0n) is 17.1. The first-order valence-electron chi connectivity index (χ1n) is 9.84. The summed E-state index contributed by atoms with van der Waals surface area (Å²) in [5.74, 6) is 1.64. The second kappa shape index (κ2) is 10.1. The van der Waals surface area contributed by atoms with Crippen LogP contribution >= 0.6 is 11.8 Å². The highest BCUT2D eigenvalue weighted by Gasteiger charge is 2.19. The number of aromatic nitrogens is 3. The Labute approximate surface area is 176 Å². The van der Waals surface area contributed by atoms with Crippen LogP contribution in [0.4, 0.5) is 0 Å². The predicted molar refractivity (Wildman–Crippen MR) is 117 cm³/mol. The number of thioether (sulfide) groups is 1. The Bertz CT molecular complexity index is 958. The topological polar surface area (TPSA) is 63.7 Å². The van der Waals surface area contributed by atoms with Crippen LogP contribution in [-0.4, -0.2) is 27.1 Å². The number of methoxy groups -OCH3 is 1. The van der Waals surface area contributed by atoms with Crippen LogP contribution in [0.25, 0.3) is 11.4 Å². The average molecular weight is 407 g/mol. The minimum absolute atomic E-state index is 0.217. The first-order valence-corrected chi connectivity index (χ1v) is 10.7. The standard InChI is InChI=1S/C23H26N4OS/c1-4-5-14-27-22(19-10-12-20(28-3)13-11-19)25-26-23(27)29-21(16-24)15-18-8-6-17(2)7-9-18/h6-13,21H,4-5,14-15H2,1-3H3. The van der Waals surface area contributed by atoms with Crippen molar-refractivity contribution in [1.29, 1.82) is 5.26 Å². The van der Waals surface area contributed by atoms with Crippen molar-refractivity contribution in [2.75, 3.05) is 7.11 Å². The van der Waals surface area contributed by atoms with E-state index in [9.17, 15) is 5.26 Å². The van der Waals surface area contributed by atoms with Gasteiger partial charge in [0.15, 0.2) is 11.0 Å². The molecule has 2 aromatic carbocycles. The third-order valence-corrected chi connectivity index (χ3v) is 5.80. The van der Waals surface area contributed by atoms with Crippen LogP contribution in [0.3, 0.4) is 0 Å². The van der Waals surface area contributed by atoms with Gasteiger partial charge in [-0.25, -0.2) is 0 Å². The fourth-order valence-electron chi connectivity index (χ4n) is 3.03. The van der Waals surface area contributed by atoms with Crippen molar-refractivity contribution in [1.82, 2.24) is 14.8 Å². The van der Waals surface area contributed by atoms with Gasteiger partial charge in [-0.05, 0) is 49.6 Å². The van der Waals surface area contributed by atoms with E-state index in [1.807, 2.05) is 24.3 Å². The molecule has 0 aliphatic heterocycles. The molecule has 0 bridgehead atoms. The number of unbranched alkanes of at least 4 members (excludes halogenated alkanes) is 1. The molecule has 3 aromatic rings. The Balaban J connectivity index is 1.84. The number of nitriles is 1. The van der Waals surface area contributed by atoms with Crippen molar-refractivity contribution in [3.63, 3.8) is 0 Å². The molecule has 1 unspecified atom stereocenters. The van der Waals surface area contributed by atoms with Crippen molar-refractivity contribution in [3.05, 3.63) is 59.7 Å². The van der Waals surface area contributed by atoms with E-state index in [4.69, 9.17) is 4.74 Å².